The summed E-state index contributed by atoms with van der Waals surface area (Å²) in [4.78, 5) is 7.79. The molecule has 0 aliphatic heterocycles. The third-order valence-electron chi connectivity index (χ3n) is 2.05. The Kier molecular flexibility index (Phi) is 4.09. The lowest BCUT2D eigenvalue weighted by molar-refractivity contribution is -0.140. The van der Waals surface area contributed by atoms with Crippen molar-refractivity contribution in [3.05, 3.63) is 24.2 Å². The number of alkyl halides is 3. The molecule has 0 saturated carbocycles. The largest absolute Gasteiger partial charge is 0.406 e. The molecule has 0 N–H and O–H groups in total. The number of aryl methyl sites for hydroxylation is 1. The van der Waals surface area contributed by atoms with Crippen LogP contribution in [0.2, 0.25) is 0 Å². The molecule has 0 amide bonds. The van der Waals surface area contributed by atoms with Crippen LogP contribution in [0.1, 0.15) is 19.4 Å². The zero-order valence-corrected chi connectivity index (χ0v) is 9.91. The van der Waals surface area contributed by atoms with Gasteiger partial charge in [-0.15, -0.1) is 0 Å². The number of aromatic nitrogens is 3. The van der Waals surface area contributed by atoms with E-state index >= 15 is 0 Å². The van der Waals surface area contributed by atoms with Crippen LogP contribution in [-0.4, -0.2) is 20.7 Å². The van der Waals surface area contributed by atoms with Gasteiger partial charge in [0.1, 0.15) is 12.1 Å². The highest BCUT2D eigenvalue weighted by Gasteiger charge is 2.28. The van der Waals surface area contributed by atoms with Crippen LogP contribution in [0.15, 0.2) is 18.6 Å². The molecule has 17 heavy (non-hydrogen) atoms. The first-order chi connectivity index (χ1) is 7.97. The summed E-state index contributed by atoms with van der Waals surface area (Å²) in [6.45, 7) is 4.73. The summed E-state index contributed by atoms with van der Waals surface area (Å²) in [5.74, 6) is 0. The van der Waals surface area contributed by atoms with Crippen molar-refractivity contribution in [1.29, 1.82) is 0 Å². The molecular weight excluding hydrogens is 231 g/mol. The summed E-state index contributed by atoms with van der Waals surface area (Å²) in [6, 6.07) is 1.72. The summed E-state index contributed by atoms with van der Waals surface area (Å²) in [5.41, 5.74) is 1.61. The minimum atomic E-state index is -4.25. The summed E-state index contributed by atoms with van der Waals surface area (Å²) in [6.07, 6.45) is -1.61. The molecule has 0 aliphatic rings. The van der Waals surface area contributed by atoms with E-state index in [4.69, 9.17) is 0 Å². The molecule has 0 radical (unpaired) electrons. The van der Waals surface area contributed by atoms with E-state index in [-0.39, 0.29) is 5.65 Å². The molecule has 3 nitrogen and oxygen atoms in total. The molecule has 0 unspecified atom stereocenters. The summed E-state index contributed by atoms with van der Waals surface area (Å²) < 4.78 is 37.5. The number of nitrogens with zero attached hydrogens (tertiary/aromatic N) is 3. The van der Waals surface area contributed by atoms with E-state index in [1.807, 2.05) is 13.8 Å². The summed E-state index contributed by atoms with van der Waals surface area (Å²) in [7, 11) is 0. The number of rotatable bonds is 1. The fourth-order valence-electron chi connectivity index (χ4n) is 1.40. The summed E-state index contributed by atoms with van der Waals surface area (Å²) in [5, 5.41) is 0. The van der Waals surface area contributed by atoms with Crippen molar-refractivity contribution >= 4 is 11.2 Å². The van der Waals surface area contributed by atoms with Gasteiger partial charge in [-0.3, -0.25) is 0 Å². The fraction of sp³-hybridized carbons (Fsp3) is 0.455. The van der Waals surface area contributed by atoms with Crippen molar-refractivity contribution in [3.63, 3.8) is 0 Å². The van der Waals surface area contributed by atoms with Gasteiger partial charge in [-0.2, -0.15) is 13.2 Å². The summed E-state index contributed by atoms with van der Waals surface area (Å²) >= 11 is 0. The minimum Gasteiger partial charge on any atom is -0.306 e. The first-order valence-electron chi connectivity index (χ1n) is 5.30. The van der Waals surface area contributed by atoms with Gasteiger partial charge in [0, 0.05) is 6.20 Å². The Balaban J connectivity index is 0.000000686. The first kappa shape index (κ1) is 13.5. The lowest BCUT2D eigenvalue weighted by Gasteiger charge is -2.07. The SMILES string of the molecule is CC.Cc1ccnc2c1ncn2CC(F)(F)F. The van der Waals surface area contributed by atoms with Crippen molar-refractivity contribution in [1.82, 2.24) is 14.5 Å². The molecule has 0 atom stereocenters. The van der Waals surface area contributed by atoms with Crippen molar-refractivity contribution in [2.45, 2.75) is 33.5 Å². The second kappa shape index (κ2) is 5.16. The van der Waals surface area contributed by atoms with Crippen LogP contribution in [0.3, 0.4) is 0 Å². The van der Waals surface area contributed by atoms with Crippen molar-refractivity contribution in [2.75, 3.05) is 0 Å². The Morgan fingerprint density at radius 2 is 1.88 bits per heavy atom. The van der Waals surface area contributed by atoms with Crippen LogP contribution >= 0.6 is 0 Å². The van der Waals surface area contributed by atoms with Crippen LogP contribution in [0.5, 0.6) is 0 Å². The monoisotopic (exact) mass is 245 g/mol. The number of halogens is 3. The van der Waals surface area contributed by atoms with Crippen LogP contribution < -0.4 is 0 Å². The lowest BCUT2D eigenvalue weighted by atomic mass is 10.3. The molecule has 2 aromatic heterocycles. The van der Waals surface area contributed by atoms with Crippen LogP contribution in [0.25, 0.3) is 11.2 Å². The molecule has 2 heterocycles. The Labute approximate surface area is 97.3 Å². The normalized spacial score (nSPS) is 11.2. The third kappa shape index (κ3) is 3.18. The van der Waals surface area contributed by atoms with Crippen molar-refractivity contribution in [2.24, 2.45) is 0 Å². The maximum Gasteiger partial charge on any atom is 0.406 e. The highest BCUT2D eigenvalue weighted by molar-refractivity contribution is 5.74. The lowest BCUT2D eigenvalue weighted by Crippen LogP contribution is -2.17. The molecule has 0 saturated heterocycles. The molecular formula is C11H14F3N3. The molecule has 0 aliphatic carbocycles. The molecule has 0 bridgehead atoms. The molecule has 0 spiro atoms. The van der Waals surface area contributed by atoms with Gasteiger partial charge in [-0.05, 0) is 18.6 Å². The molecule has 94 valence electrons. The minimum absolute atomic E-state index is 0.271. The van der Waals surface area contributed by atoms with Gasteiger partial charge in [0.25, 0.3) is 0 Å². The van der Waals surface area contributed by atoms with Gasteiger partial charge in [0.05, 0.1) is 6.33 Å². The van der Waals surface area contributed by atoms with Gasteiger partial charge in [0.2, 0.25) is 0 Å². The van der Waals surface area contributed by atoms with Crippen LogP contribution in [-0.2, 0) is 6.54 Å². The van der Waals surface area contributed by atoms with Crippen LogP contribution in [0.4, 0.5) is 13.2 Å². The van der Waals surface area contributed by atoms with E-state index in [9.17, 15) is 13.2 Å². The molecule has 2 aromatic rings. The van der Waals surface area contributed by atoms with Gasteiger partial charge in [-0.25, -0.2) is 9.97 Å². The zero-order valence-electron chi connectivity index (χ0n) is 9.91. The van der Waals surface area contributed by atoms with Gasteiger partial charge in [0.15, 0.2) is 5.65 Å². The second-order valence-electron chi connectivity index (χ2n) is 3.29. The number of pyridine rings is 1. The average Bonchev–Trinajstić information content (AvgIpc) is 2.64. The van der Waals surface area contributed by atoms with E-state index in [1.165, 1.54) is 6.20 Å². The topological polar surface area (TPSA) is 30.7 Å². The maximum atomic E-state index is 12.2. The fourth-order valence-corrected chi connectivity index (χ4v) is 1.40. The number of hydrogen-bond acceptors (Lipinski definition) is 2. The van der Waals surface area contributed by atoms with Gasteiger partial charge < -0.3 is 4.57 Å². The Hall–Kier alpha value is -1.59. The van der Waals surface area contributed by atoms with E-state index in [0.717, 1.165) is 16.5 Å². The van der Waals surface area contributed by atoms with E-state index < -0.39 is 12.7 Å². The highest BCUT2D eigenvalue weighted by Crippen LogP contribution is 2.21. The molecule has 6 heteroatoms. The van der Waals surface area contributed by atoms with Crippen molar-refractivity contribution in [3.8, 4) is 0 Å². The van der Waals surface area contributed by atoms with Crippen LogP contribution in [0, 0.1) is 6.92 Å². The Bertz CT molecular complexity index is 488. The molecule has 0 aromatic carbocycles. The zero-order chi connectivity index (χ0) is 13.1. The van der Waals surface area contributed by atoms with E-state index in [2.05, 4.69) is 9.97 Å². The molecule has 0 fully saturated rings. The second-order valence-corrected chi connectivity index (χ2v) is 3.29. The quantitative estimate of drug-likeness (QED) is 0.771. The predicted octanol–water partition coefficient (Wildman–Crippen LogP) is 3.33. The predicted molar refractivity (Wildman–Crippen MR) is 59.7 cm³/mol. The van der Waals surface area contributed by atoms with Gasteiger partial charge >= 0.3 is 6.18 Å². The van der Waals surface area contributed by atoms with E-state index in [0.29, 0.717) is 5.52 Å². The number of hydrogen-bond donors (Lipinski definition) is 0. The van der Waals surface area contributed by atoms with E-state index in [1.54, 1.807) is 13.0 Å². The first-order valence-corrected chi connectivity index (χ1v) is 5.30. The molecule has 2 rings (SSSR count). The van der Waals surface area contributed by atoms with Gasteiger partial charge in [-0.1, -0.05) is 13.8 Å². The number of imidazole rings is 1. The smallest absolute Gasteiger partial charge is 0.306 e. The third-order valence-corrected chi connectivity index (χ3v) is 2.05. The van der Waals surface area contributed by atoms with Crippen molar-refractivity contribution < 1.29 is 13.2 Å². The Morgan fingerprint density at radius 3 is 2.47 bits per heavy atom. The number of fused-ring (bicyclic) bond motifs is 1. The maximum absolute atomic E-state index is 12.2. The average molecular weight is 245 g/mol. The Morgan fingerprint density at radius 1 is 1.24 bits per heavy atom. The standard InChI is InChI=1S/C9H8F3N3.C2H6/c1-6-2-3-13-8-7(6)14-5-15(8)4-9(10,11)12;1-2/h2-3,5H,4H2,1H3;1-2H3. The highest BCUT2D eigenvalue weighted by atomic mass is 19.4.